The molecule has 6 nitrogen and oxygen atoms in total. The Morgan fingerprint density at radius 2 is 2.00 bits per heavy atom. The highest BCUT2D eigenvalue weighted by Crippen LogP contribution is 2.39. The molecule has 0 saturated heterocycles. The lowest BCUT2D eigenvalue weighted by Gasteiger charge is -2.10. The Morgan fingerprint density at radius 1 is 1.22 bits per heavy atom. The fourth-order valence-corrected chi connectivity index (χ4v) is 3.52. The Labute approximate surface area is 159 Å². The molecule has 8 heteroatoms. The quantitative estimate of drug-likeness (QED) is 0.671. The number of methoxy groups -OCH3 is 2. The van der Waals surface area contributed by atoms with E-state index >= 15 is 0 Å². The molecule has 140 valence electrons. The Hall–Kier alpha value is -3.13. The summed E-state index contributed by atoms with van der Waals surface area (Å²) in [4.78, 5) is 16.1. The summed E-state index contributed by atoms with van der Waals surface area (Å²) < 4.78 is 24.5. The molecule has 0 spiro atoms. The lowest BCUT2D eigenvalue weighted by atomic mass is 10.1. The predicted octanol–water partition coefficient (Wildman–Crippen LogP) is 3.00. The Bertz CT molecular complexity index is 974. The topological polar surface area (TPSA) is 83.5 Å². The Kier molecular flexibility index (Phi) is 5.56. The zero-order chi connectivity index (χ0) is 19.4. The van der Waals surface area contributed by atoms with Crippen LogP contribution in [0.1, 0.15) is 4.88 Å². The largest absolute Gasteiger partial charge is 0.550 e. The number of aliphatic carboxylic acids is 1. The lowest BCUT2D eigenvalue weighted by molar-refractivity contribution is -0.304. The van der Waals surface area contributed by atoms with Crippen LogP contribution in [0, 0.1) is 5.82 Å². The third kappa shape index (κ3) is 4.17. The molecule has 3 aromatic rings. The van der Waals surface area contributed by atoms with Crippen molar-refractivity contribution in [2.45, 2.75) is 6.42 Å². The molecule has 0 aliphatic rings. The zero-order valence-corrected chi connectivity index (χ0v) is 15.4. The van der Waals surface area contributed by atoms with Crippen LogP contribution in [0.25, 0.3) is 11.3 Å². The van der Waals surface area contributed by atoms with Crippen molar-refractivity contribution >= 4 is 28.1 Å². The molecule has 0 aliphatic carbocycles. The highest BCUT2D eigenvalue weighted by Gasteiger charge is 2.18. The third-order valence-corrected chi connectivity index (χ3v) is 4.75. The fraction of sp³-hybridized carbons (Fsp3) is 0.158. The second-order valence-corrected chi connectivity index (χ2v) is 6.59. The number of carbonyl (C=O) groups excluding carboxylic acids is 1. The standard InChI is InChI=1S/C19H17FN2O4S/c1-25-11-7-8-15(26-2)12(9-11)18-16(10-17(23)24)27-19(22-18)21-14-6-4-3-5-13(14)20/h3-9H,10H2,1-2H3,(H,21,22)(H,23,24)/p-1. The summed E-state index contributed by atoms with van der Waals surface area (Å²) >= 11 is 1.11. The van der Waals surface area contributed by atoms with Crippen molar-refractivity contribution in [3.8, 4) is 22.8 Å². The number of hydrogen-bond donors (Lipinski definition) is 1. The van der Waals surface area contributed by atoms with E-state index in [0.717, 1.165) is 11.3 Å². The SMILES string of the molecule is COc1ccc(OC)c(-c2nc(Nc3ccccc3F)sc2CC(=O)[O-])c1. The minimum absolute atomic E-state index is 0.246. The van der Waals surface area contributed by atoms with E-state index in [1.54, 1.807) is 36.4 Å². The molecule has 1 heterocycles. The molecule has 3 rings (SSSR count). The van der Waals surface area contributed by atoms with Crippen molar-refractivity contribution in [2.24, 2.45) is 0 Å². The summed E-state index contributed by atoms with van der Waals surface area (Å²) in [5.74, 6) is -0.589. The van der Waals surface area contributed by atoms with E-state index < -0.39 is 11.8 Å². The number of aromatic nitrogens is 1. The van der Waals surface area contributed by atoms with Gasteiger partial charge in [-0.05, 0) is 30.3 Å². The maximum absolute atomic E-state index is 13.9. The van der Waals surface area contributed by atoms with Gasteiger partial charge in [0.25, 0.3) is 0 Å². The van der Waals surface area contributed by atoms with E-state index in [1.165, 1.54) is 20.3 Å². The average Bonchev–Trinajstić information content (AvgIpc) is 3.04. The molecule has 0 atom stereocenters. The van der Waals surface area contributed by atoms with E-state index in [-0.39, 0.29) is 12.1 Å². The molecule has 0 aliphatic heterocycles. The van der Waals surface area contributed by atoms with E-state index in [4.69, 9.17) is 9.47 Å². The first kappa shape index (κ1) is 18.7. The van der Waals surface area contributed by atoms with E-state index in [9.17, 15) is 14.3 Å². The number of carbonyl (C=O) groups is 1. The van der Waals surface area contributed by atoms with Gasteiger partial charge < -0.3 is 24.7 Å². The minimum Gasteiger partial charge on any atom is -0.550 e. The van der Waals surface area contributed by atoms with Crippen LogP contribution in [0.5, 0.6) is 11.5 Å². The van der Waals surface area contributed by atoms with Gasteiger partial charge in [0.2, 0.25) is 0 Å². The number of thiazole rings is 1. The normalized spacial score (nSPS) is 10.5. The average molecular weight is 387 g/mol. The van der Waals surface area contributed by atoms with Crippen LogP contribution >= 0.6 is 11.3 Å². The second kappa shape index (κ2) is 8.05. The number of nitrogens with zero attached hydrogens (tertiary/aromatic N) is 1. The van der Waals surface area contributed by atoms with Gasteiger partial charge in [-0.25, -0.2) is 9.37 Å². The third-order valence-electron chi connectivity index (χ3n) is 3.78. The lowest BCUT2D eigenvalue weighted by Crippen LogP contribution is -2.24. The van der Waals surface area contributed by atoms with Crippen molar-refractivity contribution in [1.82, 2.24) is 4.98 Å². The molecular formula is C19H16FN2O4S-. The maximum atomic E-state index is 13.9. The minimum atomic E-state index is -1.24. The highest BCUT2D eigenvalue weighted by molar-refractivity contribution is 7.16. The van der Waals surface area contributed by atoms with Gasteiger partial charge >= 0.3 is 0 Å². The van der Waals surface area contributed by atoms with Gasteiger partial charge in [-0.15, -0.1) is 11.3 Å². The van der Waals surface area contributed by atoms with E-state index in [2.05, 4.69) is 10.3 Å². The zero-order valence-electron chi connectivity index (χ0n) is 14.6. The van der Waals surface area contributed by atoms with Crippen LogP contribution in [-0.4, -0.2) is 25.2 Å². The first-order chi connectivity index (χ1) is 13.0. The number of benzene rings is 2. The van der Waals surface area contributed by atoms with Crippen LogP contribution in [0.15, 0.2) is 42.5 Å². The summed E-state index contributed by atoms with van der Waals surface area (Å²) in [5.41, 5.74) is 1.24. The van der Waals surface area contributed by atoms with Gasteiger partial charge in [0, 0.05) is 22.8 Å². The summed E-state index contributed by atoms with van der Waals surface area (Å²) in [6.07, 6.45) is -0.327. The molecule has 0 amide bonds. The molecular weight excluding hydrogens is 371 g/mol. The smallest absolute Gasteiger partial charge is 0.188 e. The molecule has 0 saturated carbocycles. The molecule has 2 aromatic carbocycles. The van der Waals surface area contributed by atoms with Gasteiger partial charge in [-0.2, -0.15) is 0 Å². The van der Waals surface area contributed by atoms with E-state index in [0.29, 0.717) is 32.8 Å². The first-order valence-corrected chi connectivity index (χ1v) is 8.77. The summed E-state index contributed by atoms with van der Waals surface area (Å²) in [7, 11) is 3.04. The number of anilines is 2. The number of hydrogen-bond acceptors (Lipinski definition) is 7. The van der Waals surface area contributed by atoms with Crippen molar-refractivity contribution in [1.29, 1.82) is 0 Å². The first-order valence-electron chi connectivity index (χ1n) is 7.95. The van der Waals surface area contributed by atoms with Gasteiger partial charge in [0.05, 0.1) is 25.6 Å². The molecule has 1 aromatic heterocycles. The van der Waals surface area contributed by atoms with E-state index in [1.807, 2.05) is 0 Å². The number of ether oxygens (including phenoxy) is 2. The molecule has 0 unspecified atom stereocenters. The van der Waals surface area contributed by atoms with Crippen LogP contribution in [0.2, 0.25) is 0 Å². The number of carboxylic acid groups (broad SMARTS) is 1. The number of halogens is 1. The molecule has 1 N–H and O–H groups in total. The number of nitrogens with one attached hydrogen (secondary N) is 1. The van der Waals surface area contributed by atoms with Crippen LogP contribution in [-0.2, 0) is 11.2 Å². The summed E-state index contributed by atoms with van der Waals surface area (Å²) in [6.45, 7) is 0. The predicted molar refractivity (Wildman–Crippen MR) is 99.0 cm³/mol. The van der Waals surface area contributed by atoms with Gasteiger partial charge in [-0.3, -0.25) is 0 Å². The van der Waals surface area contributed by atoms with Crippen molar-refractivity contribution < 1.29 is 23.8 Å². The second-order valence-electron chi connectivity index (χ2n) is 5.51. The summed E-state index contributed by atoms with van der Waals surface area (Å²) in [5, 5.41) is 14.4. The molecule has 27 heavy (non-hydrogen) atoms. The van der Waals surface area contributed by atoms with Crippen LogP contribution < -0.4 is 19.9 Å². The monoisotopic (exact) mass is 387 g/mol. The highest BCUT2D eigenvalue weighted by atomic mass is 32.1. The fourth-order valence-electron chi connectivity index (χ4n) is 2.54. The van der Waals surface area contributed by atoms with Gasteiger partial charge in [0.1, 0.15) is 17.3 Å². The van der Waals surface area contributed by atoms with Gasteiger partial charge in [0.15, 0.2) is 5.13 Å². The number of carboxylic acids is 1. The van der Waals surface area contributed by atoms with Crippen LogP contribution in [0.4, 0.5) is 15.2 Å². The molecule has 0 fully saturated rings. The van der Waals surface area contributed by atoms with Crippen LogP contribution in [0.3, 0.4) is 0 Å². The number of para-hydroxylation sites is 1. The molecule has 0 bridgehead atoms. The van der Waals surface area contributed by atoms with Crippen molar-refractivity contribution in [3.63, 3.8) is 0 Å². The summed E-state index contributed by atoms with van der Waals surface area (Å²) in [6, 6.07) is 11.3. The van der Waals surface area contributed by atoms with Crippen molar-refractivity contribution in [3.05, 3.63) is 53.2 Å². The van der Waals surface area contributed by atoms with Gasteiger partial charge in [-0.1, -0.05) is 12.1 Å². The Morgan fingerprint density at radius 3 is 2.67 bits per heavy atom. The maximum Gasteiger partial charge on any atom is 0.188 e. The number of rotatable bonds is 7. The Balaban J connectivity index is 2.08. The molecule has 0 radical (unpaired) electrons. The van der Waals surface area contributed by atoms with Crippen molar-refractivity contribution in [2.75, 3.05) is 19.5 Å².